The fraction of sp³-hybridized carbons (Fsp3) is 0.900. The molecular weight excluding hydrogens is 216 g/mol. The van der Waals surface area contributed by atoms with E-state index < -0.39 is 6.04 Å². The first-order valence-electron chi connectivity index (χ1n) is 5.31. The molecule has 0 radical (unpaired) electrons. The molecule has 15 heavy (non-hydrogen) atoms. The van der Waals surface area contributed by atoms with Gasteiger partial charge in [-0.15, -0.1) is 12.4 Å². The number of nitrogens with one attached hydrogen (secondary N) is 1. The van der Waals surface area contributed by atoms with Crippen molar-refractivity contribution in [3.8, 4) is 0 Å². The number of amides is 1. The van der Waals surface area contributed by atoms with Crippen LogP contribution in [0.4, 0.5) is 0 Å². The van der Waals surface area contributed by atoms with Gasteiger partial charge in [-0.1, -0.05) is 0 Å². The number of nitrogens with two attached hydrogens (primary N) is 1. The number of halogens is 1. The van der Waals surface area contributed by atoms with E-state index in [4.69, 9.17) is 10.5 Å². The lowest BCUT2D eigenvalue weighted by Crippen LogP contribution is -2.39. The maximum Gasteiger partial charge on any atom is 0.236 e. The lowest BCUT2D eigenvalue weighted by Gasteiger charge is -2.22. The van der Waals surface area contributed by atoms with Gasteiger partial charge in [0.05, 0.1) is 6.04 Å². The summed E-state index contributed by atoms with van der Waals surface area (Å²) < 4.78 is 5.26. The zero-order chi connectivity index (χ0) is 10.4. The number of hydrogen-bond acceptors (Lipinski definition) is 3. The standard InChI is InChI=1S/C10H20N2O2.ClH/c1-8(11)10(13)12-5-2-9-3-6-14-7-4-9;/h8-9H,2-7,11H2,1H3,(H,12,13);1H/t8-;/m1./s1. The third kappa shape index (κ3) is 5.97. The number of carbonyl (C=O) groups is 1. The number of rotatable bonds is 4. The highest BCUT2D eigenvalue weighted by atomic mass is 35.5. The highest BCUT2D eigenvalue weighted by molar-refractivity contribution is 5.85. The molecule has 4 nitrogen and oxygen atoms in total. The Bertz CT molecular complexity index is 182. The van der Waals surface area contributed by atoms with Crippen molar-refractivity contribution < 1.29 is 9.53 Å². The summed E-state index contributed by atoms with van der Waals surface area (Å²) in [4.78, 5) is 11.1. The monoisotopic (exact) mass is 236 g/mol. The maximum atomic E-state index is 11.1. The van der Waals surface area contributed by atoms with Crippen LogP contribution in [0, 0.1) is 5.92 Å². The molecule has 0 aromatic heterocycles. The van der Waals surface area contributed by atoms with E-state index in [-0.39, 0.29) is 18.3 Å². The highest BCUT2D eigenvalue weighted by Gasteiger charge is 2.14. The van der Waals surface area contributed by atoms with E-state index in [0.717, 1.165) is 39.0 Å². The fourth-order valence-electron chi connectivity index (χ4n) is 1.60. The molecule has 0 aromatic rings. The lowest BCUT2D eigenvalue weighted by molar-refractivity contribution is -0.122. The average molecular weight is 237 g/mol. The summed E-state index contributed by atoms with van der Waals surface area (Å²) in [7, 11) is 0. The van der Waals surface area contributed by atoms with Gasteiger partial charge in [-0.3, -0.25) is 4.79 Å². The van der Waals surface area contributed by atoms with E-state index in [2.05, 4.69) is 5.32 Å². The third-order valence-electron chi connectivity index (χ3n) is 2.61. The zero-order valence-electron chi connectivity index (χ0n) is 9.20. The molecule has 0 bridgehead atoms. The third-order valence-corrected chi connectivity index (χ3v) is 2.61. The van der Waals surface area contributed by atoms with Gasteiger partial charge in [0, 0.05) is 19.8 Å². The van der Waals surface area contributed by atoms with E-state index in [1.54, 1.807) is 6.92 Å². The molecule has 0 unspecified atom stereocenters. The van der Waals surface area contributed by atoms with Gasteiger partial charge in [0.2, 0.25) is 5.91 Å². The number of carbonyl (C=O) groups excluding carboxylic acids is 1. The predicted molar refractivity (Wildman–Crippen MR) is 62.1 cm³/mol. The minimum absolute atomic E-state index is 0. The Morgan fingerprint density at radius 3 is 2.67 bits per heavy atom. The van der Waals surface area contributed by atoms with Crippen LogP contribution in [0.1, 0.15) is 26.2 Å². The lowest BCUT2D eigenvalue weighted by atomic mass is 9.97. The summed E-state index contributed by atoms with van der Waals surface area (Å²) in [6, 6.07) is -0.398. The van der Waals surface area contributed by atoms with E-state index in [1.165, 1.54) is 0 Å². The van der Waals surface area contributed by atoms with E-state index in [1.807, 2.05) is 0 Å². The molecule has 3 N–H and O–H groups in total. The van der Waals surface area contributed by atoms with Crippen molar-refractivity contribution in [3.05, 3.63) is 0 Å². The first-order valence-corrected chi connectivity index (χ1v) is 5.31. The van der Waals surface area contributed by atoms with Crippen molar-refractivity contribution in [1.29, 1.82) is 0 Å². The molecule has 1 fully saturated rings. The summed E-state index contributed by atoms with van der Waals surface area (Å²) in [5.41, 5.74) is 5.42. The molecular formula is C10H21ClN2O2. The zero-order valence-corrected chi connectivity index (χ0v) is 10.0. The topological polar surface area (TPSA) is 64.4 Å². The second-order valence-corrected chi connectivity index (χ2v) is 3.92. The van der Waals surface area contributed by atoms with Crippen molar-refractivity contribution in [2.24, 2.45) is 11.7 Å². The molecule has 0 aliphatic carbocycles. The minimum atomic E-state index is -0.398. The smallest absolute Gasteiger partial charge is 0.236 e. The van der Waals surface area contributed by atoms with Gasteiger partial charge in [0.15, 0.2) is 0 Å². The summed E-state index contributed by atoms with van der Waals surface area (Å²) in [6.07, 6.45) is 3.28. The number of ether oxygens (including phenoxy) is 1. The largest absolute Gasteiger partial charge is 0.381 e. The quantitative estimate of drug-likeness (QED) is 0.755. The average Bonchev–Trinajstić information content (AvgIpc) is 2.19. The fourth-order valence-corrected chi connectivity index (χ4v) is 1.60. The molecule has 1 rings (SSSR count). The number of hydrogen-bond donors (Lipinski definition) is 2. The molecule has 0 saturated carbocycles. The van der Waals surface area contributed by atoms with E-state index >= 15 is 0 Å². The van der Waals surface area contributed by atoms with Crippen LogP contribution < -0.4 is 11.1 Å². The predicted octanol–water partition coefficient (Wildman–Crippen LogP) is 0.688. The van der Waals surface area contributed by atoms with E-state index in [0.29, 0.717) is 5.92 Å². The second kappa shape index (κ2) is 7.91. The van der Waals surface area contributed by atoms with Gasteiger partial charge in [-0.2, -0.15) is 0 Å². The van der Waals surface area contributed by atoms with Crippen LogP contribution in [0.5, 0.6) is 0 Å². The van der Waals surface area contributed by atoms with Crippen molar-refractivity contribution in [2.75, 3.05) is 19.8 Å². The maximum absolute atomic E-state index is 11.1. The van der Waals surface area contributed by atoms with Gasteiger partial charge in [-0.25, -0.2) is 0 Å². The highest BCUT2D eigenvalue weighted by Crippen LogP contribution is 2.17. The second-order valence-electron chi connectivity index (χ2n) is 3.92. The normalized spacial score (nSPS) is 19.1. The van der Waals surface area contributed by atoms with Gasteiger partial charge < -0.3 is 15.8 Å². The van der Waals surface area contributed by atoms with Crippen molar-refractivity contribution in [1.82, 2.24) is 5.32 Å². The summed E-state index contributed by atoms with van der Waals surface area (Å²) in [5, 5.41) is 2.82. The molecule has 0 spiro atoms. The Labute approximate surface area is 97.3 Å². The first-order chi connectivity index (χ1) is 6.70. The Kier molecular flexibility index (Phi) is 7.74. The molecule has 1 amide bonds. The molecule has 1 atom stereocenters. The van der Waals surface area contributed by atoms with Crippen LogP contribution in [0.15, 0.2) is 0 Å². The van der Waals surface area contributed by atoms with Crippen LogP contribution in [0.2, 0.25) is 0 Å². The Morgan fingerprint density at radius 2 is 2.13 bits per heavy atom. The van der Waals surface area contributed by atoms with Gasteiger partial charge in [0.25, 0.3) is 0 Å². The van der Waals surface area contributed by atoms with Crippen LogP contribution in [0.25, 0.3) is 0 Å². The van der Waals surface area contributed by atoms with Crippen LogP contribution in [-0.2, 0) is 9.53 Å². The summed E-state index contributed by atoms with van der Waals surface area (Å²) >= 11 is 0. The summed E-state index contributed by atoms with van der Waals surface area (Å²) in [6.45, 7) is 4.17. The van der Waals surface area contributed by atoms with Crippen molar-refractivity contribution >= 4 is 18.3 Å². The van der Waals surface area contributed by atoms with E-state index in [9.17, 15) is 4.79 Å². The SMILES string of the molecule is C[C@@H](N)C(=O)NCCC1CCOCC1.Cl. The summed E-state index contributed by atoms with van der Waals surface area (Å²) in [5.74, 6) is 0.647. The molecule has 1 aliphatic rings. The Hall–Kier alpha value is -0.320. The van der Waals surface area contributed by atoms with Crippen molar-refractivity contribution in [2.45, 2.75) is 32.2 Å². The molecule has 5 heteroatoms. The molecule has 90 valence electrons. The van der Waals surface area contributed by atoms with Crippen molar-refractivity contribution in [3.63, 3.8) is 0 Å². The van der Waals surface area contributed by atoms with Gasteiger partial charge in [-0.05, 0) is 32.1 Å². The van der Waals surface area contributed by atoms with Gasteiger partial charge in [0.1, 0.15) is 0 Å². The van der Waals surface area contributed by atoms with Crippen LogP contribution >= 0.6 is 12.4 Å². The van der Waals surface area contributed by atoms with Crippen LogP contribution in [0.3, 0.4) is 0 Å². The molecule has 0 aromatic carbocycles. The Morgan fingerprint density at radius 1 is 1.53 bits per heavy atom. The molecule has 1 saturated heterocycles. The first kappa shape index (κ1) is 14.7. The Balaban J connectivity index is 0.00000196. The molecule has 1 heterocycles. The van der Waals surface area contributed by atoms with Crippen LogP contribution in [-0.4, -0.2) is 31.7 Å². The van der Waals surface area contributed by atoms with Gasteiger partial charge >= 0.3 is 0 Å². The minimum Gasteiger partial charge on any atom is -0.381 e. The molecule has 1 aliphatic heterocycles.